The lowest BCUT2D eigenvalue weighted by atomic mass is 9.97. The summed E-state index contributed by atoms with van der Waals surface area (Å²) in [6, 6.07) is 68.6. The van der Waals surface area contributed by atoms with Gasteiger partial charge in [-0.25, -0.2) is 14.8 Å². The fraction of sp³-hybridized carbons (Fsp3) is 0. The summed E-state index contributed by atoms with van der Waals surface area (Å²) in [4.78, 5) is 14.3. The summed E-state index contributed by atoms with van der Waals surface area (Å²) in [5.41, 5.74) is 13.8. The summed E-state index contributed by atoms with van der Waals surface area (Å²) in [6.45, 7) is 7.81. The number of aromatic nitrogens is 4. The topological polar surface area (TPSA) is 63.8 Å². The van der Waals surface area contributed by atoms with Crippen LogP contribution < -0.4 is 0 Å². The molecule has 0 saturated carbocycles. The molecule has 6 nitrogen and oxygen atoms in total. The van der Waals surface area contributed by atoms with Crippen LogP contribution in [-0.2, 0) is 0 Å². The van der Waals surface area contributed by atoms with Gasteiger partial charge in [-0.2, -0.15) is 5.26 Å². The van der Waals surface area contributed by atoms with Crippen molar-refractivity contribution in [2.75, 3.05) is 0 Å². The number of hydrogen-bond donors (Lipinski definition) is 0. The van der Waals surface area contributed by atoms with E-state index in [0.29, 0.717) is 17.1 Å². The van der Waals surface area contributed by atoms with E-state index < -0.39 is 0 Å². The van der Waals surface area contributed by atoms with Crippen LogP contribution in [0.25, 0.3) is 105 Å². The van der Waals surface area contributed by atoms with Crippen LogP contribution in [0.1, 0.15) is 5.56 Å². The maximum Gasteiger partial charge on any atom is 0.188 e. The third-order valence-corrected chi connectivity index (χ3v) is 11.4. The Bertz CT molecular complexity index is 3510. The van der Waals surface area contributed by atoms with Crippen molar-refractivity contribution < 1.29 is 0 Å². The SMILES string of the molecule is [C-]#[N+]c1ccc2c(c1)c1ccccc1n2-c1ccc(-c2nc(-c3ccccc3)cc(-c3ccccc3)n2)cc1-c1ccccc1-n1c2ccccc2c2cc(C#N)ccc21. The number of rotatable bonds is 6. The predicted molar refractivity (Wildman–Crippen MR) is 243 cm³/mol. The van der Waals surface area contributed by atoms with Crippen molar-refractivity contribution in [2.45, 2.75) is 0 Å². The first-order valence-electron chi connectivity index (χ1n) is 19.8. The molecule has 0 radical (unpaired) electrons. The average molecular weight is 765 g/mol. The molecule has 0 aliphatic rings. The van der Waals surface area contributed by atoms with Gasteiger partial charge >= 0.3 is 0 Å². The fourth-order valence-corrected chi connectivity index (χ4v) is 8.66. The Morgan fingerprint density at radius 3 is 1.60 bits per heavy atom. The fourth-order valence-electron chi connectivity index (χ4n) is 8.66. The highest BCUT2D eigenvalue weighted by molar-refractivity contribution is 6.12. The monoisotopic (exact) mass is 764 g/mol. The molecule has 3 heterocycles. The van der Waals surface area contributed by atoms with Crippen LogP contribution in [0.3, 0.4) is 0 Å². The maximum atomic E-state index is 9.89. The van der Waals surface area contributed by atoms with Crippen LogP contribution in [0, 0.1) is 17.9 Å². The first-order valence-corrected chi connectivity index (χ1v) is 19.8. The van der Waals surface area contributed by atoms with E-state index in [-0.39, 0.29) is 0 Å². The van der Waals surface area contributed by atoms with Gasteiger partial charge in [-0.15, -0.1) is 0 Å². The first kappa shape index (κ1) is 34.7. The molecule has 6 heteroatoms. The second-order valence-corrected chi connectivity index (χ2v) is 14.8. The second-order valence-electron chi connectivity index (χ2n) is 14.8. The minimum Gasteiger partial charge on any atom is -0.309 e. The van der Waals surface area contributed by atoms with Gasteiger partial charge in [0.05, 0.1) is 63.0 Å². The molecule has 0 spiro atoms. The molecule has 0 bridgehead atoms. The highest BCUT2D eigenvalue weighted by Crippen LogP contribution is 2.43. The van der Waals surface area contributed by atoms with Crippen molar-refractivity contribution in [1.82, 2.24) is 19.1 Å². The van der Waals surface area contributed by atoms with Gasteiger partial charge in [0.2, 0.25) is 0 Å². The van der Waals surface area contributed by atoms with Gasteiger partial charge in [0.15, 0.2) is 11.5 Å². The third kappa shape index (κ3) is 5.63. The van der Waals surface area contributed by atoms with Gasteiger partial charge in [0.25, 0.3) is 0 Å². The minimum absolute atomic E-state index is 0.599. The van der Waals surface area contributed by atoms with E-state index in [1.807, 2.05) is 66.7 Å². The zero-order valence-electron chi connectivity index (χ0n) is 32.2. The summed E-state index contributed by atoms with van der Waals surface area (Å²) >= 11 is 0. The van der Waals surface area contributed by atoms with Gasteiger partial charge < -0.3 is 9.13 Å². The Kier molecular flexibility index (Phi) is 8.15. The zero-order chi connectivity index (χ0) is 40.2. The largest absolute Gasteiger partial charge is 0.309 e. The summed E-state index contributed by atoms with van der Waals surface area (Å²) in [7, 11) is 0. The Balaban J connectivity index is 1.23. The first-order chi connectivity index (χ1) is 29.7. The molecule has 8 aromatic carbocycles. The number of fused-ring (bicyclic) bond motifs is 6. The molecule has 0 fully saturated rings. The van der Waals surface area contributed by atoms with Crippen LogP contribution in [0.2, 0.25) is 0 Å². The molecule has 0 aliphatic carbocycles. The minimum atomic E-state index is 0.599. The van der Waals surface area contributed by atoms with Crippen LogP contribution in [-0.4, -0.2) is 19.1 Å². The summed E-state index contributed by atoms with van der Waals surface area (Å²) < 4.78 is 4.63. The van der Waals surface area contributed by atoms with Crippen LogP contribution in [0.15, 0.2) is 194 Å². The van der Waals surface area contributed by atoms with E-state index in [4.69, 9.17) is 16.5 Å². The standard InChI is InChI=1S/C54H32N6/c1-56-39-26-29-53-45(32-39)42-20-10-13-23-50(42)60(53)52-28-25-38(54-57-46(36-14-4-2-5-15-36)33-47(58-54)37-16-6-3-7-17-37)31-44(52)41-19-9-12-22-49(41)59-48-21-11-8-18-40(48)43-30-35(34-55)24-27-51(43)59/h2-33H. The Morgan fingerprint density at radius 2 is 0.967 bits per heavy atom. The highest BCUT2D eigenvalue weighted by Gasteiger charge is 2.22. The van der Waals surface area contributed by atoms with E-state index in [0.717, 1.165) is 94.2 Å². The molecule has 0 aliphatic heterocycles. The number of hydrogen-bond acceptors (Lipinski definition) is 3. The van der Waals surface area contributed by atoms with Crippen molar-refractivity contribution in [3.05, 3.63) is 211 Å². The predicted octanol–water partition coefficient (Wildman–Crippen LogP) is 13.8. The quantitative estimate of drug-likeness (QED) is 0.158. The van der Waals surface area contributed by atoms with Crippen molar-refractivity contribution in [1.29, 1.82) is 5.26 Å². The molecule has 11 rings (SSSR count). The molecular weight excluding hydrogens is 733 g/mol. The van der Waals surface area contributed by atoms with Crippen molar-refractivity contribution in [3.8, 4) is 62.5 Å². The molecule has 3 aromatic heterocycles. The molecule has 0 atom stereocenters. The summed E-state index contributed by atoms with van der Waals surface area (Å²) in [5.74, 6) is 0.616. The average Bonchev–Trinajstić information content (AvgIpc) is 3.83. The lowest BCUT2D eigenvalue weighted by molar-refractivity contribution is 1.15. The van der Waals surface area contributed by atoms with Gasteiger partial charge in [0, 0.05) is 44.0 Å². The zero-order valence-corrected chi connectivity index (χ0v) is 32.2. The summed E-state index contributed by atoms with van der Waals surface area (Å²) in [5, 5.41) is 14.1. The van der Waals surface area contributed by atoms with Gasteiger partial charge in [0.1, 0.15) is 0 Å². The van der Waals surface area contributed by atoms with Gasteiger partial charge in [-0.1, -0.05) is 121 Å². The van der Waals surface area contributed by atoms with Crippen molar-refractivity contribution >= 4 is 49.3 Å². The Hall–Kier alpha value is -8.58. The molecule has 60 heavy (non-hydrogen) atoms. The Labute approximate surface area is 346 Å². The normalized spacial score (nSPS) is 11.3. The molecule has 0 saturated heterocycles. The molecule has 11 aromatic rings. The van der Waals surface area contributed by atoms with E-state index >= 15 is 0 Å². The lowest BCUT2D eigenvalue weighted by Gasteiger charge is -2.20. The van der Waals surface area contributed by atoms with Gasteiger partial charge in [-0.3, -0.25) is 0 Å². The van der Waals surface area contributed by atoms with Crippen LogP contribution in [0.5, 0.6) is 0 Å². The number of nitriles is 1. The van der Waals surface area contributed by atoms with E-state index in [1.165, 1.54) is 0 Å². The van der Waals surface area contributed by atoms with Crippen molar-refractivity contribution in [2.24, 2.45) is 0 Å². The third-order valence-electron chi connectivity index (χ3n) is 11.4. The van der Waals surface area contributed by atoms with E-state index in [9.17, 15) is 5.26 Å². The van der Waals surface area contributed by atoms with Crippen molar-refractivity contribution in [3.63, 3.8) is 0 Å². The summed E-state index contributed by atoms with van der Waals surface area (Å²) in [6.07, 6.45) is 0. The Morgan fingerprint density at radius 1 is 0.433 bits per heavy atom. The molecular formula is C54H32N6. The van der Waals surface area contributed by atoms with E-state index in [2.05, 4.69) is 147 Å². The molecule has 0 amide bonds. The van der Waals surface area contributed by atoms with Crippen LogP contribution in [0.4, 0.5) is 5.69 Å². The van der Waals surface area contributed by atoms with Crippen LogP contribution >= 0.6 is 0 Å². The number of para-hydroxylation sites is 3. The molecule has 0 unspecified atom stereocenters. The highest BCUT2D eigenvalue weighted by atomic mass is 15.0. The number of nitrogens with zero attached hydrogens (tertiary/aromatic N) is 6. The molecule has 0 N–H and O–H groups in total. The number of benzene rings is 8. The second kappa shape index (κ2) is 14.1. The maximum absolute atomic E-state index is 9.89. The lowest BCUT2D eigenvalue weighted by Crippen LogP contribution is -2.02. The smallest absolute Gasteiger partial charge is 0.188 e. The molecule has 278 valence electrons. The van der Waals surface area contributed by atoms with E-state index in [1.54, 1.807) is 0 Å². The van der Waals surface area contributed by atoms with Gasteiger partial charge in [-0.05, 0) is 78.2 Å².